The summed E-state index contributed by atoms with van der Waals surface area (Å²) in [6.45, 7) is 2.10. The van der Waals surface area contributed by atoms with Gasteiger partial charge in [-0.15, -0.1) is 0 Å². The molecule has 26 heavy (non-hydrogen) atoms. The highest BCUT2D eigenvalue weighted by Crippen LogP contribution is 2.29. The van der Waals surface area contributed by atoms with Crippen LogP contribution in [0.5, 0.6) is 0 Å². The zero-order valence-electron chi connectivity index (χ0n) is 14.6. The predicted molar refractivity (Wildman–Crippen MR) is 122 cm³/mol. The van der Waals surface area contributed by atoms with Gasteiger partial charge in [0.2, 0.25) is 0 Å². The molecule has 1 aliphatic heterocycles. The van der Waals surface area contributed by atoms with Gasteiger partial charge in [-0.2, -0.15) is 0 Å². The Morgan fingerprint density at radius 3 is 1.85 bits per heavy atom. The largest absolute Gasteiger partial charge is 0.222 e. The normalized spacial score (nSPS) is 14.7. The van der Waals surface area contributed by atoms with Crippen LogP contribution in [0.4, 0.5) is 0 Å². The molecule has 3 aromatic carbocycles. The first-order valence-electron chi connectivity index (χ1n) is 8.43. The van der Waals surface area contributed by atoms with Crippen molar-refractivity contribution in [2.45, 2.75) is 6.92 Å². The van der Waals surface area contributed by atoms with Gasteiger partial charge in [0.15, 0.2) is 5.84 Å². The Kier molecular flexibility index (Phi) is 4.80. The molecule has 0 unspecified atom stereocenters. The van der Waals surface area contributed by atoms with Gasteiger partial charge in [0.1, 0.15) is 7.35 Å². The van der Waals surface area contributed by atoms with Crippen molar-refractivity contribution in [2.75, 3.05) is 0 Å². The summed E-state index contributed by atoms with van der Waals surface area (Å²) in [6.07, 6.45) is 0. The van der Waals surface area contributed by atoms with E-state index >= 15 is 0 Å². The van der Waals surface area contributed by atoms with Crippen LogP contribution < -0.4 is 0 Å². The molecule has 0 aliphatic carbocycles. The standard InChI is InChI=1S/C23H19IN2/c1-17-13-15-19(16-14-17)22-24(2)21(18-9-5-3-6-10-18)25-23(26-22)20-11-7-4-8-12-20/h3-16H,2H2,1H3. The molecule has 1 aliphatic rings. The number of amidine groups is 1. The fourth-order valence-corrected chi connectivity index (χ4v) is 6.52. The summed E-state index contributed by atoms with van der Waals surface area (Å²) in [4.78, 5) is 9.91. The van der Waals surface area contributed by atoms with Gasteiger partial charge in [0.05, 0.1) is 0 Å². The number of hydrogen-bond donors (Lipinski definition) is 0. The fraction of sp³-hybridized carbons (Fsp3) is 0.0435. The zero-order valence-corrected chi connectivity index (χ0v) is 16.7. The molecule has 4 rings (SSSR count). The van der Waals surface area contributed by atoms with Crippen molar-refractivity contribution in [3.8, 4) is 0 Å². The topological polar surface area (TPSA) is 24.7 Å². The minimum absolute atomic E-state index is 0.775. The monoisotopic (exact) mass is 450 g/mol. The summed E-state index contributed by atoms with van der Waals surface area (Å²) in [5.74, 6) is 0.775. The second kappa shape index (κ2) is 7.38. The molecule has 1 heterocycles. The Morgan fingerprint density at radius 2 is 1.23 bits per heavy atom. The highest BCUT2D eigenvalue weighted by molar-refractivity contribution is 14.2. The van der Waals surface area contributed by atoms with Crippen molar-refractivity contribution in [2.24, 2.45) is 9.98 Å². The second-order valence-electron chi connectivity index (χ2n) is 6.09. The smallest absolute Gasteiger partial charge is 0.161 e. The minimum Gasteiger partial charge on any atom is -0.222 e. The van der Waals surface area contributed by atoms with E-state index in [1.807, 2.05) is 24.3 Å². The van der Waals surface area contributed by atoms with E-state index in [1.54, 1.807) is 0 Å². The van der Waals surface area contributed by atoms with Crippen LogP contribution in [0, 0.1) is 6.92 Å². The van der Waals surface area contributed by atoms with Gasteiger partial charge in [0.25, 0.3) is 0 Å². The summed E-state index contributed by atoms with van der Waals surface area (Å²) in [5, 5.41) is 0. The minimum atomic E-state index is -1.93. The van der Waals surface area contributed by atoms with Crippen molar-refractivity contribution in [1.29, 1.82) is 0 Å². The maximum absolute atomic E-state index is 4.96. The molecule has 0 spiro atoms. The summed E-state index contributed by atoms with van der Waals surface area (Å²) in [5.41, 5.74) is 4.60. The number of aliphatic imine (C=N–C) groups is 2. The Bertz CT molecular complexity index is 1070. The third-order valence-corrected chi connectivity index (χ3v) is 8.37. The number of halogens is 1. The summed E-state index contributed by atoms with van der Waals surface area (Å²) in [7, 11) is 0. The van der Waals surface area contributed by atoms with E-state index in [0.717, 1.165) is 29.9 Å². The average molecular weight is 450 g/mol. The van der Waals surface area contributed by atoms with Gasteiger partial charge in [-0.05, 0) is 6.92 Å². The molecular formula is C23H19IN2. The first-order chi connectivity index (χ1) is 12.7. The summed E-state index contributed by atoms with van der Waals surface area (Å²) < 4.78 is 6.77. The molecule has 0 atom stereocenters. The average Bonchev–Trinajstić information content (AvgIpc) is 2.70. The van der Waals surface area contributed by atoms with Crippen LogP contribution in [0.25, 0.3) is 0 Å². The van der Waals surface area contributed by atoms with Crippen LogP contribution in [0.3, 0.4) is 0 Å². The molecule has 0 amide bonds. The van der Waals surface area contributed by atoms with Crippen molar-refractivity contribution in [1.82, 2.24) is 0 Å². The van der Waals surface area contributed by atoms with Gasteiger partial charge in [-0.3, -0.25) is 0 Å². The Labute approximate surface area is 160 Å². The van der Waals surface area contributed by atoms with Gasteiger partial charge >= 0.3 is 0 Å². The molecule has 128 valence electrons. The van der Waals surface area contributed by atoms with Crippen LogP contribution in [-0.4, -0.2) is 17.7 Å². The lowest BCUT2D eigenvalue weighted by Crippen LogP contribution is -2.12. The molecule has 3 heteroatoms. The van der Waals surface area contributed by atoms with E-state index in [1.165, 1.54) is 5.56 Å². The van der Waals surface area contributed by atoms with Crippen molar-refractivity contribution < 1.29 is 0 Å². The Balaban J connectivity index is 1.93. The van der Waals surface area contributed by atoms with Crippen molar-refractivity contribution in [3.63, 3.8) is 0 Å². The molecule has 0 fully saturated rings. The number of nitrogens with zero attached hydrogens (tertiary/aromatic N) is 2. The fourth-order valence-electron chi connectivity index (χ4n) is 2.77. The van der Waals surface area contributed by atoms with Crippen LogP contribution in [0.1, 0.15) is 22.3 Å². The number of rotatable bonds is 3. The van der Waals surface area contributed by atoms with Crippen LogP contribution >= 0.6 is 18.9 Å². The first-order valence-corrected chi connectivity index (χ1v) is 12.1. The van der Waals surface area contributed by atoms with Gasteiger partial charge in [0, 0.05) is 16.7 Å². The van der Waals surface area contributed by atoms with E-state index in [4.69, 9.17) is 9.98 Å². The molecular weight excluding hydrogens is 431 g/mol. The van der Waals surface area contributed by atoms with E-state index in [9.17, 15) is 0 Å². The lowest BCUT2D eigenvalue weighted by atomic mass is 10.1. The molecule has 0 saturated heterocycles. The summed E-state index contributed by atoms with van der Waals surface area (Å²) in [6, 6.07) is 29.1. The Morgan fingerprint density at radius 1 is 0.654 bits per heavy atom. The first kappa shape index (κ1) is 16.9. The maximum Gasteiger partial charge on any atom is 0.161 e. The SMILES string of the molecule is C=I1=C(c2ccccc2)N=C(c2ccccc2)N=C1c1ccc(C)cc1. The second-order valence-corrected chi connectivity index (χ2v) is 10.2. The molecule has 0 radical (unpaired) electrons. The highest BCUT2D eigenvalue weighted by atomic mass is 127. The van der Waals surface area contributed by atoms with E-state index in [0.29, 0.717) is 0 Å². The van der Waals surface area contributed by atoms with Gasteiger partial charge < -0.3 is 0 Å². The van der Waals surface area contributed by atoms with E-state index in [2.05, 4.69) is 72.1 Å². The van der Waals surface area contributed by atoms with Crippen molar-refractivity contribution in [3.05, 3.63) is 107 Å². The molecule has 0 bridgehead atoms. The third kappa shape index (κ3) is 3.40. The lowest BCUT2D eigenvalue weighted by Gasteiger charge is -2.15. The Hall–Kier alpha value is -2.53. The lowest BCUT2D eigenvalue weighted by molar-refractivity contribution is 1.46. The predicted octanol–water partition coefficient (Wildman–Crippen LogP) is 5.32. The summed E-state index contributed by atoms with van der Waals surface area (Å²) >= 11 is -1.93. The molecule has 2 nitrogen and oxygen atoms in total. The van der Waals surface area contributed by atoms with Crippen LogP contribution in [0.2, 0.25) is 0 Å². The maximum atomic E-state index is 4.96. The number of hydrogen-bond acceptors (Lipinski definition) is 2. The third-order valence-electron chi connectivity index (χ3n) is 4.17. The zero-order chi connectivity index (χ0) is 17.9. The van der Waals surface area contributed by atoms with Crippen LogP contribution in [-0.2, 0) is 0 Å². The number of aryl methyl sites for hydroxylation is 1. The van der Waals surface area contributed by atoms with Gasteiger partial charge in [-0.25, -0.2) is 9.98 Å². The van der Waals surface area contributed by atoms with Gasteiger partial charge in [-0.1, -0.05) is 114 Å². The molecule has 0 N–H and O–H groups in total. The van der Waals surface area contributed by atoms with E-state index in [-0.39, 0.29) is 0 Å². The number of benzene rings is 3. The molecule has 3 aromatic rings. The quantitative estimate of drug-likeness (QED) is 0.483. The van der Waals surface area contributed by atoms with Crippen LogP contribution in [0.15, 0.2) is 94.9 Å². The molecule has 0 aromatic heterocycles. The molecule has 0 saturated carbocycles. The highest BCUT2D eigenvalue weighted by Gasteiger charge is 2.16. The van der Waals surface area contributed by atoms with E-state index < -0.39 is 18.9 Å². The van der Waals surface area contributed by atoms with Crippen molar-refractivity contribution >= 4 is 36.6 Å².